The van der Waals surface area contributed by atoms with Crippen LogP contribution < -0.4 is 0 Å². The normalized spacial score (nSPS) is 16.1. The fourth-order valence-electron chi connectivity index (χ4n) is 1.89. The van der Waals surface area contributed by atoms with Gasteiger partial charge in [0, 0.05) is 12.8 Å². The van der Waals surface area contributed by atoms with Crippen molar-refractivity contribution in [3.8, 4) is 0 Å². The molecule has 1 aliphatic rings. The van der Waals surface area contributed by atoms with E-state index in [9.17, 15) is 4.79 Å². The van der Waals surface area contributed by atoms with Gasteiger partial charge in [0.25, 0.3) is 0 Å². The monoisotopic (exact) mass is 238 g/mol. The summed E-state index contributed by atoms with van der Waals surface area (Å²) in [5, 5.41) is 16.8. The van der Waals surface area contributed by atoms with Crippen molar-refractivity contribution in [2.75, 3.05) is 0 Å². The molecule has 1 saturated carbocycles. The van der Waals surface area contributed by atoms with Crippen LogP contribution in [0.4, 0.5) is 0 Å². The van der Waals surface area contributed by atoms with Crippen molar-refractivity contribution in [1.82, 2.24) is 10.2 Å². The predicted octanol–water partition coefficient (Wildman–Crippen LogP) is 2.07. The SMILES string of the molecule is CC(C)(CC(=O)O)Cc1nnc(CC2CC2)o1. The molecule has 17 heavy (non-hydrogen) atoms. The highest BCUT2D eigenvalue weighted by atomic mass is 16.4. The van der Waals surface area contributed by atoms with Crippen LogP contribution in [0, 0.1) is 11.3 Å². The first kappa shape index (κ1) is 12.1. The molecule has 0 spiro atoms. The molecule has 0 saturated heterocycles. The zero-order valence-electron chi connectivity index (χ0n) is 10.3. The van der Waals surface area contributed by atoms with E-state index in [-0.39, 0.29) is 11.8 Å². The maximum Gasteiger partial charge on any atom is 0.303 e. The summed E-state index contributed by atoms with van der Waals surface area (Å²) in [6, 6.07) is 0. The van der Waals surface area contributed by atoms with Crippen LogP contribution in [0.25, 0.3) is 0 Å². The van der Waals surface area contributed by atoms with Crippen molar-refractivity contribution < 1.29 is 14.3 Å². The first-order valence-corrected chi connectivity index (χ1v) is 5.98. The van der Waals surface area contributed by atoms with E-state index in [1.165, 1.54) is 12.8 Å². The second kappa shape index (κ2) is 4.47. The maximum absolute atomic E-state index is 10.7. The van der Waals surface area contributed by atoms with Gasteiger partial charge in [0.1, 0.15) is 0 Å². The molecule has 1 aromatic rings. The molecule has 0 atom stereocenters. The second-order valence-electron chi connectivity index (χ2n) is 5.65. The quantitative estimate of drug-likeness (QED) is 0.821. The van der Waals surface area contributed by atoms with E-state index in [0.717, 1.165) is 12.3 Å². The molecule has 0 aliphatic heterocycles. The number of hydrogen-bond acceptors (Lipinski definition) is 4. The molecule has 0 bridgehead atoms. The van der Waals surface area contributed by atoms with E-state index in [4.69, 9.17) is 9.52 Å². The van der Waals surface area contributed by atoms with Crippen LogP contribution >= 0.6 is 0 Å². The Kier molecular flexibility index (Phi) is 3.17. The summed E-state index contributed by atoms with van der Waals surface area (Å²) in [6.07, 6.45) is 3.99. The molecule has 94 valence electrons. The Morgan fingerprint density at radius 3 is 2.65 bits per heavy atom. The Morgan fingerprint density at radius 2 is 2.06 bits per heavy atom. The summed E-state index contributed by atoms with van der Waals surface area (Å²) in [5.41, 5.74) is -0.352. The van der Waals surface area contributed by atoms with Gasteiger partial charge in [-0.15, -0.1) is 10.2 Å². The smallest absolute Gasteiger partial charge is 0.303 e. The van der Waals surface area contributed by atoms with E-state index in [2.05, 4.69) is 10.2 Å². The van der Waals surface area contributed by atoms with Crippen LogP contribution in [-0.2, 0) is 17.6 Å². The van der Waals surface area contributed by atoms with Gasteiger partial charge >= 0.3 is 5.97 Å². The molecule has 5 heteroatoms. The van der Waals surface area contributed by atoms with Gasteiger partial charge in [0.05, 0.1) is 6.42 Å². The Labute approximate surface area is 100 Å². The first-order valence-electron chi connectivity index (χ1n) is 5.98. The third-order valence-corrected chi connectivity index (χ3v) is 2.93. The molecular weight excluding hydrogens is 220 g/mol. The third kappa shape index (κ3) is 3.84. The van der Waals surface area contributed by atoms with Gasteiger partial charge in [-0.2, -0.15) is 0 Å². The van der Waals surface area contributed by atoms with E-state index < -0.39 is 5.97 Å². The molecule has 0 unspecified atom stereocenters. The number of carboxylic acid groups (broad SMARTS) is 1. The van der Waals surface area contributed by atoms with Crippen LogP contribution in [0.3, 0.4) is 0 Å². The maximum atomic E-state index is 10.7. The Bertz CT molecular complexity index is 408. The van der Waals surface area contributed by atoms with E-state index in [1.807, 2.05) is 13.8 Å². The molecular formula is C12H18N2O3. The zero-order chi connectivity index (χ0) is 12.5. The lowest BCUT2D eigenvalue weighted by Crippen LogP contribution is -2.19. The van der Waals surface area contributed by atoms with Gasteiger partial charge in [0.2, 0.25) is 11.8 Å². The highest BCUT2D eigenvalue weighted by molar-refractivity contribution is 5.67. The van der Waals surface area contributed by atoms with Crippen molar-refractivity contribution >= 4 is 5.97 Å². The number of aliphatic carboxylic acids is 1. The third-order valence-electron chi connectivity index (χ3n) is 2.93. The number of hydrogen-bond donors (Lipinski definition) is 1. The van der Waals surface area contributed by atoms with Gasteiger partial charge in [-0.05, 0) is 24.2 Å². The topological polar surface area (TPSA) is 76.2 Å². The molecule has 2 rings (SSSR count). The molecule has 1 aromatic heterocycles. The van der Waals surface area contributed by atoms with Crippen LogP contribution in [0.2, 0.25) is 0 Å². The lowest BCUT2D eigenvalue weighted by molar-refractivity contribution is -0.139. The fourth-order valence-corrected chi connectivity index (χ4v) is 1.89. The number of carbonyl (C=O) groups is 1. The molecule has 5 nitrogen and oxygen atoms in total. The van der Waals surface area contributed by atoms with Crippen molar-refractivity contribution in [3.63, 3.8) is 0 Å². The summed E-state index contributed by atoms with van der Waals surface area (Å²) in [6.45, 7) is 3.79. The average molecular weight is 238 g/mol. The standard InChI is InChI=1S/C12H18N2O3/c1-12(2,7-11(15)16)6-10-14-13-9(17-10)5-8-3-4-8/h8H,3-7H2,1-2H3,(H,15,16). The summed E-state index contributed by atoms with van der Waals surface area (Å²) in [7, 11) is 0. The number of nitrogens with zero attached hydrogens (tertiary/aromatic N) is 2. The summed E-state index contributed by atoms with van der Waals surface area (Å²) in [5.74, 6) is 1.16. The first-order chi connectivity index (χ1) is 7.94. The van der Waals surface area contributed by atoms with Gasteiger partial charge in [-0.25, -0.2) is 0 Å². The Balaban J connectivity index is 1.92. The minimum Gasteiger partial charge on any atom is -0.481 e. The van der Waals surface area contributed by atoms with E-state index in [0.29, 0.717) is 18.2 Å². The highest BCUT2D eigenvalue weighted by Crippen LogP contribution is 2.32. The molecule has 0 radical (unpaired) electrons. The largest absolute Gasteiger partial charge is 0.481 e. The number of rotatable bonds is 6. The Hall–Kier alpha value is -1.39. The lowest BCUT2D eigenvalue weighted by atomic mass is 9.86. The summed E-state index contributed by atoms with van der Waals surface area (Å²) >= 11 is 0. The van der Waals surface area contributed by atoms with Gasteiger partial charge in [0.15, 0.2) is 0 Å². The summed E-state index contributed by atoms with van der Waals surface area (Å²) < 4.78 is 5.54. The van der Waals surface area contributed by atoms with Crippen LogP contribution in [0.15, 0.2) is 4.42 Å². The van der Waals surface area contributed by atoms with Crippen molar-refractivity contribution in [1.29, 1.82) is 0 Å². The van der Waals surface area contributed by atoms with Crippen LogP contribution in [-0.4, -0.2) is 21.3 Å². The molecule has 1 N–H and O–H groups in total. The number of aromatic nitrogens is 2. The van der Waals surface area contributed by atoms with Gasteiger partial charge in [-0.3, -0.25) is 4.79 Å². The minimum atomic E-state index is -0.798. The molecule has 1 heterocycles. The van der Waals surface area contributed by atoms with Crippen molar-refractivity contribution in [3.05, 3.63) is 11.8 Å². The number of carboxylic acids is 1. The molecule has 0 amide bonds. The molecule has 0 aromatic carbocycles. The van der Waals surface area contributed by atoms with E-state index >= 15 is 0 Å². The Morgan fingerprint density at radius 1 is 1.41 bits per heavy atom. The molecule has 1 aliphatic carbocycles. The fraction of sp³-hybridized carbons (Fsp3) is 0.750. The van der Waals surface area contributed by atoms with Gasteiger partial charge < -0.3 is 9.52 Å². The summed E-state index contributed by atoms with van der Waals surface area (Å²) in [4.78, 5) is 10.7. The zero-order valence-corrected chi connectivity index (χ0v) is 10.3. The van der Waals surface area contributed by atoms with Gasteiger partial charge in [-0.1, -0.05) is 13.8 Å². The molecule has 1 fully saturated rings. The van der Waals surface area contributed by atoms with Crippen molar-refractivity contribution in [2.24, 2.45) is 11.3 Å². The second-order valence-corrected chi connectivity index (χ2v) is 5.65. The van der Waals surface area contributed by atoms with Crippen molar-refractivity contribution in [2.45, 2.75) is 46.0 Å². The van der Waals surface area contributed by atoms with Crippen LogP contribution in [0.5, 0.6) is 0 Å². The minimum absolute atomic E-state index is 0.105. The van der Waals surface area contributed by atoms with Crippen LogP contribution in [0.1, 0.15) is 44.9 Å². The highest BCUT2D eigenvalue weighted by Gasteiger charge is 2.27. The average Bonchev–Trinajstić information content (AvgIpc) is 2.85. The van der Waals surface area contributed by atoms with E-state index in [1.54, 1.807) is 0 Å². The lowest BCUT2D eigenvalue weighted by Gasteiger charge is -2.19. The predicted molar refractivity (Wildman–Crippen MR) is 60.5 cm³/mol.